The van der Waals surface area contributed by atoms with Gasteiger partial charge in [0.25, 0.3) is 0 Å². The number of H-pyrrole nitrogens is 1. The Kier molecular flexibility index (Phi) is 4.07. The number of carbonyl (C=O) groups is 1. The number of nitrogens with zero attached hydrogens (tertiary/aromatic N) is 2. The van der Waals surface area contributed by atoms with Crippen molar-refractivity contribution in [1.29, 1.82) is 0 Å². The fraction of sp³-hybridized carbons (Fsp3) is 0.500. The van der Waals surface area contributed by atoms with E-state index in [1.807, 2.05) is 0 Å². The minimum atomic E-state index is -3.71. The monoisotopic (exact) mass is 261 g/mol. The van der Waals surface area contributed by atoms with Crippen LogP contribution in [0.25, 0.3) is 0 Å². The van der Waals surface area contributed by atoms with Crippen LogP contribution in [0, 0.1) is 0 Å². The number of carbonyl (C=O) groups excluding carboxylic acids is 1. The molecule has 0 atom stereocenters. The molecule has 0 bridgehead atoms. The van der Waals surface area contributed by atoms with E-state index in [1.54, 1.807) is 14.1 Å². The van der Waals surface area contributed by atoms with Crippen LogP contribution in [0.3, 0.4) is 0 Å². The van der Waals surface area contributed by atoms with Crippen molar-refractivity contribution in [3.63, 3.8) is 0 Å². The molecule has 1 rings (SSSR count). The van der Waals surface area contributed by atoms with Crippen LogP contribution in [-0.2, 0) is 14.8 Å². The van der Waals surface area contributed by atoms with Crippen molar-refractivity contribution in [2.24, 2.45) is 0 Å². The van der Waals surface area contributed by atoms with Crippen molar-refractivity contribution in [2.75, 3.05) is 26.4 Å². The van der Waals surface area contributed by atoms with E-state index in [4.69, 9.17) is 5.73 Å². The lowest BCUT2D eigenvalue weighted by molar-refractivity contribution is -0.128. The van der Waals surface area contributed by atoms with Gasteiger partial charge in [-0.1, -0.05) is 0 Å². The molecular weight excluding hydrogens is 246 g/mol. The molecule has 0 aliphatic rings. The summed E-state index contributed by atoms with van der Waals surface area (Å²) >= 11 is 0. The Labute approximate surface area is 99.2 Å². The molecule has 0 aliphatic heterocycles. The van der Waals surface area contributed by atoms with Gasteiger partial charge in [-0.25, -0.2) is 13.1 Å². The normalized spacial score (nSPS) is 11.4. The number of nitrogens with two attached hydrogens (primary N) is 1. The molecule has 96 valence electrons. The molecular formula is C8H15N5O3S. The quantitative estimate of drug-likeness (QED) is 0.611. The van der Waals surface area contributed by atoms with Gasteiger partial charge in [0, 0.05) is 27.1 Å². The van der Waals surface area contributed by atoms with E-state index >= 15 is 0 Å². The van der Waals surface area contributed by atoms with Gasteiger partial charge < -0.3 is 10.6 Å². The predicted octanol–water partition coefficient (Wildman–Crippen LogP) is -1.25. The number of aromatic nitrogens is 2. The Bertz CT molecular complexity index is 493. The van der Waals surface area contributed by atoms with Crippen molar-refractivity contribution < 1.29 is 13.2 Å². The molecule has 1 aromatic heterocycles. The Balaban J connectivity index is 2.58. The molecule has 0 fully saturated rings. The molecule has 8 nitrogen and oxygen atoms in total. The third-order valence-corrected chi connectivity index (χ3v) is 3.54. The number of nitrogens with one attached hydrogen (secondary N) is 2. The Hall–Kier alpha value is -1.61. The van der Waals surface area contributed by atoms with Crippen molar-refractivity contribution >= 4 is 21.7 Å². The van der Waals surface area contributed by atoms with Crippen LogP contribution in [0.15, 0.2) is 11.1 Å². The number of rotatable bonds is 5. The Morgan fingerprint density at radius 3 is 2.71 bits per heavy atom. The van der Waals surface area contributed by atoms with Gasteiger partial charge in [0.1, 0.15) is 10.7 Å². The molecule has 0 aliphatic carbocycles. The first-order valence-electron chi connectivity index (χ1n) is 4.83. The molecule has 0 saturated heterocycles. The molecule has 17 heavy (non-hydrogen) atoms. The van der Waals surface area contributed by atoms with Gasteiger partial charge in [-0.15, -0.1) is 0 Å². The first-order valence-corrected chi connectivity index (χ1v) is 6.31. The van der Waals surface area contributed by atoms with Crippen LogP contribution in [0.4, 0.5) is 5.82 Å². The lowest BCUT2D eigenvalue weighted by Gasteiger charge is -2.10. The molecule has 0 unspecified atom stereocenters. The molecule has 0 saturated carbocycles. The first kappa shape index (κ1) is 13.5. The molecule has 9 heteroatoms. The number of aromatic amines is 1. The summed E-state index contributed by atoms with van der Waals surface area (Å²) in [6, 6.07) is 0. The van der Waals surface area contributed by atoms with Crippen LogP contribution < -0.4 is 10.5 Å². The van der Waals surface area contributed by atoms with Gasteiger partial charge in [0.15, 0.2) is 0 Å². The maximum atomic E-state index is 11.7. The van der Waals surface area contributed by atoms with Crippen LogP contribution in [0.1, 0.15) is 6.42 Å². The number of sulfonamides is 1. The third kappa shape index (κ3) is 3.43. The number of amides is 1. The predicted molar refractivity (Wildman–Crippen MR) is 61.5 cm³/mol. The van der Waals surface area contributed by atoms with Crippen molar-refractivity contribution in [3.05, 3.63) is 6.20 Å². The number of anilines is 1. The second-order valence-electron chi connectivity index (χ2n) is 3.58. The summed E-state index contributed by atoms with van der Waals surface area (Å²) in [5.41, 5.74) is 5.39. The Morgan fingerprint density at radius 1 is 1.59 bits per heavy atom. The van der Waals surface area contributed by atoms with Crippen LogP contribution in [0.5, 0.6) is 0 Å². The van der Waals surface area contributed by atoms with Crippen molar-refractivity contribution in [2.45, 2.75) is 11.3 Å². The highest BCUT2D eigenvalue weighted by atomic mass is 32.2. The molecule has 4 N–H and O–H groups in total. The topological polar surface area (TPSA) is 121 Å². The second-order valence-corrected chi connectivity index (χ2v) is 5.32. The number of nitrogen functional groups attached to an aromatic ring is 1. The molecule has 1 aromatic rings. The van der Waals surface area contributed by atoms with Crippen molar-refractivity contribution in [1.82, 2.24) is 19.8 Å². The average Bonchev–Trinajstić information content (AvgIpc) is 2.64. The summed E-state index contributed by atoms with van der Waals surface area (Å²) in [7, 11) is -0.504. The molecule has 1 amide bonds. The zero-order chi connectivity index (χ0) is 13.1. The van der Waals surface area contributed by atoms with E-state index < -0.39 is 10.0 Å². The maximum Gasteiger partial charge on any atom is 0.245 e. The molecule has 1 heterocycles. The highest BCUT2D eigenvalue weighted by Crippen LogP contribution is 2.13. The van der Waals surface area contributed by atoms with E-state index in [-0.39, 0.29) is 29.6 Å². The molecule has 0 aromatic carbocycles. The SMILES string of the molecule is CN(C)C(=O)CCNS(=O)(=O)c1cn[nH]c1N. The lowest BCUT2D eigenvalue weighted by atomic mass is 10.4. The zero-order valence-corrected chi connectivity index (χ0v) is 10.4. The smallest absolute Gasteiger partial charge is 0.245 e. The summed E-state index contributed by atoms with van der Waals surface area (Å²) in [5, 5.41) is 5.84. The third-order valence-electron chi connectivity index (χ3n) is 2.05. The van der Waals surface area contributed by atoms with Gasteiger partial charge >= 0.3 is 0 Å². The summed E-state index contributed by atoms with van der Waals surface area (Å²) in [4.78, 5) is 12.5. The van der Waals surface area contributed by atoms with Gasteiger partial charge in [-0.3, -0.25) is 9.89 Å². The van der Waals surface area contributed by atoms with Crippen LogP contribution in [-0.4, -0.2) is 50.1 Å². The number of hydrogen-bond acceptors (Lipinski definition) is 5. The molecule has 0 radical (unpaired) electrons. The average molecular weight is 261 g/mol. The van der Waals surface area contributed by atoms with E-state index in [1.165, 1.54) is 4.90 Å². The molecule has 0 spiro atoms. The fourth-order valence-corrected chi connectivity index (χ4v) is 2.15. The van der Waals surface area contributed by atoms with E-state index in [9.17, 15) is 13.2 Å². The largest absolute Gasteiger partial charge is 0.383 e. The second kappa shape index (κ2) is 5.15. The van der Waals surface area contributed by atoms with E-state index in [0.29, 0.717) is 0 Å². The Morgan fingerprint density at radius 2 is 2.24 bits per heavy atom. The first-order chi connectivity index (χ1) is 7.84. The van der Waals surface area contributed by atoms with Crippen LogP contribution in [0.2, 0.25) is 0 Å². The summed E-state index contributed by atoms with van der Waals surface area (Å²) < 4.78 is 25.7. The van der Waals surface area contributed by atoms with E-state index in [0.717, 1.165) is 6.20 Å². The van der Waals surface area contributed by atoms with Gasteiger partial charge in [-0.2, -0.15) is 5.10 Å². The van der Waals surface area contributed by atoms with Gasteiger partial charge in [0.05, 0.1) is 6.20 Å². The highest BCUT2D eigenvalue weighted by molar-refractivity contribution is 7.89. The van der Waals surface area contributed by atoms with Gasteiger partial charge in [0.2, 0.25) is 15.9 Å². The minimum Gasteiger partial charge on any atom is -0.383 e. The summed E-state index contributed by atoms with van der Waals surface area (Å²) in [6.07, 6.45) is 1.20. The lowest BCUT2D eigenvalue weighted by Crippen LogP contribution is -2.30. The zero-order valence-electron chi connectivity index (χ0n) is 9.60. The minimum absolute atomic E-state index is 0.0178. The number of hydrogen-bond donors (Lipinski definition) is 3. The summed E-state index contributed by atoms with van der Waals surface area (Å²) in [6.45, 7) is 0.0178. The maximum absolute atomic E-state index is 11.7. The summed E-state index contributed by atoms with van der Waals surface area (Å²) in [5.74, 6) is -0.190. The van der Waals surface area contributed by atoms with Crippen molar-refractivity contribution in [3.8, 4) is 0 Å². The van der Waals surface area contributed by atoms with Crippen LogP contribution >= 0.6 is 0 Å². The van der Waals surface area contributed by atoms with Gasteiger partial charge in [-0.05, 0) is 0 Å². The fourth-order valence-electron chi connectivity index (χ4n) is 1.09. The highest BCUT2D eigenvalue weighted by Gasteiger charge is 2.19. The van der Waals surface area contributed by atoms with E-state index in [2.05, 4.69) is 14.9 Å². The standard InChI is InChI=1S/C8H15N5O3S/c1-13(2)7(14)3-4-11-17(15,16)6-5-10-12-8(6)9/h5,11H,3-4H2,1-2H3,(H3,9,10,12).